The van der Waals surface area contributed by atoms with Crippen molar-refractivity contribution in [3.63, 3.8) is 0 Å². The van der Waals surface area contributed by atoms with Crippen molar-refractivity contribution in [2.45, 2.75) is 13.0 Å². The maximum atomic E-state index is 12.5. The molecule has 0 aliphatic heterocycles. The molecule has 0 radical (unpaired) electrons. The highest BCUT2D eigenvalue weighted by atomic mass is 16.5. The first-order chi connectivity index (χ1) is 12.6. The molecule has 3 rings (SSSR count). The van der Waals surface area contributed by atoms with Crippen molar-refractivity contribution in [3.8, 4) is 22.8 Å². The number of hydrogen-bond donors (Lipinski definition) is 1. The number of hydrogen-bond acceptors (Lipinski definition) is 5. The number of rotatable bonds is 6. The van der Waals surface area contributed by atoms with E-state index in [4.69, 9.17) is 14.0 Å². The van der Waals surface area contributed by atoms with E-state index in [1.54, 1.807) is 38.5 Å². The Bertz CT molecular complexity index is 890. The molecule has 1 atom stereocenters. The van der Waals surface area contributed by atoms with Crippen LogP contribution in [-0.4, -0.2) is 25.3 Å². The van der Waals surface area contributed by atoms with Crippen molar-refractivity contribution >= 4 is 5.91 Å². The summed E-state index contributed by atoms with van der Waals surface area (Å²) in [6.45, 7) is 1.92. The Balaban J connectivity index is 1.80. The van der Waals surface area contributed by atoms with Gasteiger partial charge in [-0.3, -0.25) is 4.79 Å². The summed E-state index contributed by atoms with van der Waals surface area (Å²) in [6.07, 6.45) is 0. The molecule has 1 heterocycles. The zero-order chi connectivity index (χ0) is 18.5. The minimum Gasteiger partial charge on any atom is -0.497 e. The Hall–Kier alpha value is -3.28. The molecule has 1 amide bonds. The summed E-state index contributed by atoms with van der Waals surface area (Å²) in [4.78, 5) is 12.5. The van der Waals surface area contributed by atoms with Gasteiger partial charge < -0.3 is 19.3 Å². The molecule has 0 spiro atoms. The molecule has 3 aromatic rings. The van der Waals surface area contributed by atoms with Gasteiger partial charge in [-0.1, -0.05) is 35.5 Å². The first-order valence-corrected chi connectivity index (χ1v) is 8.17. The summed E-state index contributed by atoms with van der Waals surface area (Å²) in [5.41, 5.74) is 1.88. The number of benzene rings is 2. The Labute approximate surface area is 151 Å². The summed E-state index contributed by atoms with van der Waals surface area (Å²) in [5, 5.41) is 6.80. The van der Waals surface area contributed by atoms with Gasteiger partial charge in [0.2, 0.25) is 0 Å². The van der Waals surface area contributed by atoms with Crippen LogP contribution in [0, 0.1) is 0 Å². The molecule has 1 aromatic heterocycles. The van der Waals surface area contributed by atoms with E-state index in [2.05, 4.69) is 10.5 Å². The molecule has 0 saturated carbocycles. The van der Waals surface area contributed by atoms with Crippen molar-refractivity contribution in [3.05, 3.63) is 65.9 Å². The summed E-state index contributed by atoms with van der Waals surface area (Å²) in [6, 6.07) is 16.5. The summed E-state index contributed by atoms with van der Waals surface area (Å²) < 4.78 is 15.9. The SMILES string of the molecule is COc1ccc(OC)c(-c2cc(C(=O)N[C@@H](C)c3ccccc3)no2)c1. The van der Waals surface area contributed by atoms with Crippen molar-refractivity contribution in [2.75, 3.05) is 14.2 Å². The van der Waals surface area contributed by atoms with E-state index in [1.807, 2.05) is 37.3 Å². The fourth-order valence-corrected chi connectivity index (χ4v) is 2.61. The Morgan fingerprint density at radius 2 is 1.85 bits per heavy atom. The monoisotopic (exact) mass is 352 g/mol. The molecule has 134 valence electrons. The summed E-state index contributed by atoms with van der Waals surface area (Å²) >= 11 is 0. The number of ether oxygens (including phenoxy) is 2. The predicted octanol–water partition coefficient (Wildman–Crippen LogP) is 3.85. The maximum absolute atomic E-state index is 12.5. The van der Waals surface area contributed by atoms with Crippen LogP contribution in [-0.2, 0) is 0 Å². The van der Waals surface area contributed by atoms with Crippen LogP contribution < -0.4 is 14.8 Å². The molecule has 26 heavy (non-hydrogen) atoms. The third-order valence-electron chi connectivity index (χ3n) is 4.06. The topological polar surface area (TPSA) is 73.6 Å². The van der Waals surface area contributed by atoms with E-state index in [0.717, 1.165) is 5.56 Å². The van der Waals surface area contributed by atoms with Gasteiger partial charge in [-0.25, -0.2) is 0 Å². The lowest BCUT2D eigenvalue weighted by Gasteiger charge is -2.12. The maximum Gasteiger partial charge on any atom is 0.273 e. The molecule has 0 aliphatic rings. The second kappa shape index (κ2) is 7.74. The average molecular weight is 352 g/mol. The van der Waals surface area contributed by atoms with E-state index in [0.29, 0.717) is 22.8 Å². The highest BCUT2D eigenvalue weighted by Gasteiger charge is 2.18. The standard InChI is InChI=1S/C20H20N2O4/c1-13(14-7-5-4-6-8-14)21-20(23)17-12-19(26-22-17)16-11-15(24-2)9-10-18(16)25-3/h4-13H,1-3H3,(H,21,23)/t13-/m0/s1. The van der Waals surface area contributed by atoms with Crippen molar-refractivity contribution in [1.82, 2.24) is 10.5 Å². The Kier molecular flexibility index (Phi) is 5.22. The smallest absolute Gasteiger partial charge is 0.273 e. The normalized spacial score (nSPS) is 11.7. The molecule has 0 fully saturated rings. The van der Waals surface area contributed by atoms with E-state index in [-0.39, 0.29) is 17.6 Å². The molecule has 0 aliphatic carbocycles. The van der Waals surface area contributed by atoms with Gasteiger partial charge in [0.25, 0.3) is 5.91 Å². The van der Waals surface area contributed by atoms with Gasteiger partial charge in [0.1, 0.15) is 11.5 Å². The van der Waals surface area contributed by atoms with Gasteiger partial charge in [-0.2, -0.15) is 0 Å². The molecule has 6 nitrogen and oxygen atoms in total. The van der Waals surface area contributed by atoms with Crippen LogP contribution in [0.15, 0.2) is 59.1 Å². The predicted molar refractivity (Wildman–Crippen MR) is 97.4 cm³/mol. The molecule has 6 heteroatoms. The number of aromatic nitrogens is 1. The van der Waals surface area contributed by atoms with Crippen molar-refractivity contribution < 1.29 is 18.8 Å². The van der Waals surface area contributed by atoms with Crippen molar-refractivity contribution in [2.24, 2.45) is 0 Å². The molecule has 2 aromatic carbocycles. The number of carbonyl (C=O) groups excluding carboxylic acids is 1. The van der Waals surface area contributed by atoms with Crippen LogP contribution in [0.5, 0.6) is 11.5 Å². The number of nitrogens with zero attached hydrogens (tertiary/aromatic N) is 1. The van der Waals surface area contributed by atoms with Crippen LogP contribution in [0.4, 0.5) is 0 Å². The third kappa shape index (κ3) is 3.69. The lowest BCUT2D eigenvalue weighted by molar-refractivity contribution is 0.0931. The lowest BCUT2D eigenvalue weighted by Crippen LogP contribution is -2.26. The van der Waals surface area contributed by atoms with Gasteiger partial charge >= 0.3 is 0 Å². The second-order valence-electron chi connectivity index (χ2n) is 5.75. The fourth-order valence-electron chi connectivity index (χ4n) is 2.61. The zero-order valence-corrected chi connectivity index (χ0v) is 14.9. The highest BCUT2D eigenvalue weighted by Crippen LogP contribution is 2.33. The first-order valence-electron chi connectivity index (χ1n) is 8.17. The van der Waals surface area contributed by atoms with Crippen LogP contribution >= 0.6 is 0 Å². The Morgan fingerprint density at radius 1 is 1.08 bits per heavy atom. The quantitative estimate of drug-likeness (QED) is 0.729. The molecule has 0 unspecified atom stereocenters. The molecule has 0 saturated heterocycles. The van der Waals surface area contributed by atoms with Crippen LogP contribution in [0.25, 0.3) is 11.3 Å². The molecule has 1 N–H and O–H groups in total. The average Bonchev–Trinajstić information content (AvgIpc) is 3.18. The minimum absolute atomic E-state index is 0.143. The van der Waals surface area contributed by atoms with Gasteiger partial charge in [0, 0.05) is 6.07 Å². The molecular formula is C20H20N2O4. The largest absolute Gasteiger partial charge is 0.497 e. The molecular weight excluding hydrogens is 332 g/mol. The van der Waals surface area contributed by atoms with Crippen molar-refractivity contribution in [1.29, 1.82) is 0 Å². The first kappa shape index (κ1) is 17.5. The zero-order valence-electron chi connectivity index (χ0n) is 14.9. The van der Waals surface area contributed by atoms with Gasteiger partial charge in [0.05, 0.1) is 25.8 Å². The van der Waals surface area contributed by atoms with Crippen LogP contribution in [0.3, 0.4) is 0 Å². The van der Waals surface area contributed by atoms with E-state index >= 15 is 0 Å². The van der Waals surface area contributed by atoms with Gasteiger partial charge in [-0.15, -0.1) is 0 Å². The van der Waals surface area contributed by atoms with E-state index in [1.165, 1.54) is 0 Å². The molecule has 0 bridgehead atoms. The second-order valence-corrected chi connectivity index (χ2v) is 5.75. The lowest BCUT2D eigenvalue weighted by atomic mass is 10.1. The minimum atomic E-state index is -0.307. The Morgan fingerprint density at radius 3 is 2.54 bits per heavy atom. The summed E-state index contributed by atoms with van der Waals surface area (Å²) in [7, 11) is 3.15. The van der Waals surface area contributed by atoms with Gasteiger partial charge in [0.15, 0.2) is 11.5 Å². The number of methoxy groups -OCH3 is 2. The number of carbonyl (C=O) groups is 1. The van der Waals surface area contributed by atoms with Crippen LogP contribution in [0.1, 0.15) is 29.0 Å². The fraction of sp³-hybridized carbons (Fsp3) is 0.200. The van der Waals surface area contributed by atoms with E-state index < -0.39 is 0 Å². The third-order valence-corrected chi connectivity index (χ3v) is 4.06. The van der Waals surface area contributed by atoms with E-state index in [9.17, 15) is 4.79 Å². The number of amides is 1. The summed E-state index contributed by atoms with van der Waals surface area (Å²) in [5.74, 6) is 1.38. The van der Waals surface area contributed by atoms with Gasteiger partial charge in [-0.05, 0) is 30.7 Å². The number of nitrogens with one attached hydrogen (secondary N) is 1. The highest BCUT2D eigenvalue weighted by molar-refractivity contribution is 5.93. The van der Waals surface area contributed by atoms with Crippen LogP contribution in [0.2, 0.25) is 0 Å².